The van der Waals surface area contributed by atoms with Gasteiger partial charge in [0, 0.05) is 18.2 Å². The van der Waals surface area contributed by atoms with Gasteiger partial charge in [0.2, 0.25) is 0 Å². The van der Waals surface area contributed by atoms with Crippen LogP contribution in [0.5, 0.6) is 0 Å². The highest BCUT2D eigenvalue weighted by molar-refractivity contribution is 6.33. The van der Waals surface area contributed by atoms with E-state index in [0.717, 1.165) is 18.4 Å². The van der Waals surface area contributed by atoms with Crippen LogP contribution in [0.3, 0.4) is 0 Å². The highest BCUT2D eigenvalue weighted by atomic mass is 35.5. The minimum atomic E-state index is -4.46. The molecule has 4 nitrogen and oxygen atoms in total. The molecule has 0 saturated heterocycles. The Balaban J connectivity index is 1.68. The second-order valence-electron chi connectivity index (χ2n) is 6.64. The van der Waals surface area contributed by atoms with Gasteiger partial charge in [0.15, 0.2) is 0 Å². The van der Waals surface area contributed by atoms with E-state index in [1.807, 2.05) is 5.32 Å². The summed E-state index contributed by atoms with van der Waals surface area (Å²) in [5.74, 6) is -0.963. The van der Waals surface area contributed by atoms with E-state index < -0.39 is 18.6 Å². The number of carbonyl (C=O) groups is 2. The summed E-state index contributed by atoms with van der Waals surface area (Å²) in [4.78, 5) is 26.4. The zero-order valence-electron chi connectivity index (χ0n) is 14.8. The fourth-order valence-electron chi connectivity index (χ4n) is 2.78. The zero-order valence-corrected chi connectivity index (χ0v) is 15.6. The monoisotopic (exact) mass is 410 g/mol. The maximum absolute atomic E-state index is 12.9. The van der Waals surface area contributed by atoms with Crippen LogP contribution in [0.1, 0.15) is 39.1 Å². The van der Waals surface area contributed by atoms with Crippen molar-refractivity contribution in [2.75, 3.05) is 6.54 Å². The molecule has 0 radical (unpaired) electrons. The van der Waals surface area contributed by atoms with Crippen LogP contribution < -0.4 is 5.32 Å². The fourth-order valence-corrected chi connectivity index (χ4v) is 3.00. The van der Waals surface area contributed by atoms with Crippen LogP contribution in [0.4, 0.5) is 13.2 Å². The van der Waals surface area contributed by atoms with Crippen LogP contribution >= 0.6 is 11.6 Å². The van der Waals surface area contributed by atoms with E-state index in [1.165, 1.54) is 12.1 Å². The van der Waals surface area contributed by atoms with Crippen molar-refractivity contribution in [3.05, 3.63) is 70.2 Å². The van der Waals surface area contributed by atoms with Gasteiger partial charge in [-0.15, -0.1) is 0 Å². The molecule has 1 fully saturated rings. The van der Waals surface area contributed by atoms with Crippen molar-refractivity contribution in [2.45, 2.75) is 31.6 Å². The summed E-state index contributed by atoms with van der Waals surface area (Å²) in [6, 6.07) is 13.1. The predicted molar refractivity (Wildman–Crippen MR) is 99.2 cm³/mol. The molecule has 0 bridgehead atoms. The van der Waals surface area contributed by atoms with Gasteiger partial charge in [-0.1, -0.05) is 35.9 Å². The topological polar surface area (TPSA) is 49.4 Å². The second-order valence-corrected chi connectivity index (χ2v) is 7.05. The highest BCUT2D eigenvalue weighted by Gasteiger charge is 2.33. The van der Waals surface area contributed by atoms with Crippen molar-refractivity contribution in [3.8, 4) is 0 Å². The molecule has 1 aliphatic rings. The molecule has 0 unspecified atom stereocenters. The molecule has 0 aliphatic heterocycles. The number of halogens is 4. The third kappa shape index (κ3) is 5.25. The molecule has 0 heterocycles. The summed E-state index contributed by atoms with van der Waals surface area (Å²) in [5.41, 5.74) is 1.34. The van der Waals surface area contributed by atoms with Crippen molar-refractivity contribution < 1.29 is 22.8 Å². The Bertz CT molecular complexity index is 864. The SMILES string of the molecule is O=C(NCC(F)(F)F)c1ccc(CN(C(=O)c2ccccc2Cl)C2CC2)cc1. The van der Waals surface area contributed by atoms with Crippen LogP contribution in [0, 0.1) is 0 Å². The third-order valence-corrected chi connectivity index (χ3v) is 4.70. The maximum atomic E-state index is 12.9. The Hall–Kier alpha value is -2.54. The number of carbonyl (C=O) groups excluding carboxylic acids is 2. The molecule has 0 spiro atoms. The fraction of sp³-hybridized carbons (Fsp3) is 0.300. The average molecular weight is 411 g/mol. The molecule has 8 heteroatoms. The Morgan fingerprint density at radius 1 is 1.07 bits per heavy atom. The number of alkyl halides is 3. The van der Waals surface area contributed by atoms with E-state index >= 15 is 0 Å². The molecule has 28 heavy (non-hydrogen) atoms. The van der Waals surface area contributed by atoms with Crippen molar-refractivity contribution in [1.82, 2.24) is 10.2 Å². The largest absolute Gasteiger partial charge is 0.405 e. The second kappa shape index (κ2) is 8.22. The van der Waals surface area contributed by atoms with E-state index in [0.29, 0.717) is 17.1 Å². The number of hydrogen-bond acceptors (Lipinski definition) is 2. The van der Waals surface area contributed by atoms with E-state index in [9.17, 15) is 22.8 Å². The highest BCUT2D eigenvalue weighted by Crippen LogP contribution is 2.31. The van der Waals surface area contributed by atoms with Gasteiger partial charge in [-0.2, -0.15) is 13.2 Å². The average Bonchev–Trinajstić information content (AvgIpc) is 3.49. The van der Waals surface area contributed by atoms with Gasteiger partial charge in [0.25, 0.3) is 11.8 Å². The summed E-state index contributed by atoms with van der Waals surface area (Å²) in [6.45, 7) is -1.05. The summed E-state index contributed by atoms with van der Waals surface area (Å²) < 4.78 is 36.6. The first-order valence-corrected chi connectivity index (χ1v) is 9.12. The lowest BCUT2D eigenvalue weighted by Gasteiger charge is -2.23. The summed E-state index contributed by atoms with van der Waals surface area (Å²) in [7, 11) is 0. The molecule has 1 aliphatic carbocycles. The molecular formula is C20H18ClF3N2O2. The number of amides is 2. The molecule has 0 atom stereocenters. The van der Waals surface area contributed by atoms with Crippen molar-refractivity contribution in [2.24, 2.45) is 0 Å². The van der Waals surface area contributed by atoms with Gasteiger partial charge in [-0.05, 0) is 42.7 Å². The molecule has 2 aromatic carbocycles. The number of rotatable bonds is 6. The van der Waals surface area contributed by atoms with E-state index in [1.54, 1.807) is 41.3 Å². The van der Waals surface area contributed by atoms with E-state index in [-0.39, 0.29) is 17.5 Å². The standard InChI is InChI=1S/C20H18ClF3N2O2/c21-17-4-2-1-3-16(17)19(28)26(15-9-10-15)11-13-5-7-14(8-6-13)18(27)25-12-20(22,23)24/h1-8,15H,9-12H2,(H,25,27). The molecule has 2 aromatic rings. The molecule has 2 amide bonds. The third-order valence-electron chi connectivity index (χ3n) is 4.37. The van der Waals surface area contributed by atoms with Gasteiger partial charge >= 0.3 is 6.18 Å². The van der Waals surface area contributed by atoms with Crippen LogP contribution in [0.2, 0.25) is 5.02 Å². The summed E-state index contributed by atoms with van der Waals surface area (Å²) >= 11 is 6.14. The van der Waals surface area contributed by atoms with Gasteiger partial charge in [-0.25, -0.2) is 0 Å². The minimum Gasteiger partial charge on any atom is -0.343 e. The molecule has 148 valence electrons. The maximum Gasteiger partial charge on any atom is 0.405 e. The van der Waals surface area contributed by atoms with E-state index in [2.05, 4.69) is 0 Å². The predicted octanol–water partition coefficient (Wildman–Crippen LogP) is 4.44. The Labute approximate surface area is 165 Å². The first-order valence-electron chi connectivity index (χ1n) is 8.74. The number of nitrogens with one attached hydrogen (secondary N) is 1. The summed E-state index contributed by atoms with van der Waals surface area (Å²) in [6.07, 6.45) is -2.64. The van der Waals surface area contributed by atoms with Crippen LogP contribution in [0.15, 0.2) is 48.5 Å². The molecular weight excluding hydrogens is 393 g/mol. The normalized spacial score (nSPS) is 13.9. The lowest BCUT2D eigenvalue weighted by Crippen LogP contribution is -2.34. The van der Waals surface area contributed by atoms with Crippen molar-refractivity contribution in [3.63, 3.8) is 0 Å². The summed E-state index contributed by atoms with van der Waals surface area (Å²) in [5, 5.41) is 2.21. The quantitative estimate of drug-likeness (QED) is 0.765. The van der Waals surface area contributed by atoms with Gasteiger partial charge < -0.3 is 10.2 Å². The Morgan fingerprint density at radius 3 is 2.29 bits per heavy atom. The molecule has 3 rings (SSSR count). The Morgan fingerprint density at radius 2 is 1.71 bits per heavy atom. The van der Waals surface area contributed by atoms with E-state index in [4.69, 9.17) is 11.6 Å². The number of benzene rings is 2. The molecule has 1 saturated carbocycles. The lowest BCUT2D eigenvalue weighted by atomic mass is 10.1. The zero-order chi connectivity index (χ0) is 20.3. The van der Waals surface area contributed by atoms with Crippen LogP contribution in [0.25, 0.3) is 0 Å². The number of hydrogen-bond donors (Lipinski definition) is 1. The van der Waals surface area contributed by atoms with Crippen molar-refractivity contribution >= 4 is 23.4 Å². The first kappa shape index (κ1) is 20.2. The van der Waals surface area contributed by atoms with Crippen LogP contribution in [-0.2, 0) is 6.54 Å². The minimum absolute atomic E-state index is 0.128. The first-order chi connectivity index (χ1) is 13.2. The van der Waals surface area contributed by atoms with Crippen LogP contribution in [-0.4, -0.2) is 35.5 Å². The lowest BCUT2D eigenvalue weighted by molar-refractivity contribution is -0.123. The number of nitrogens with zero attached hydrogens (tertiary/aromatic N) is 1. The van der Waals surface area contributed by atoms with Crippen molar-refractivity contribution in [1.29, 1.82) is 0 Å². The van der Waals surface area contributed by atoms with Gasteiger partial charge in [-0.3, -0.25) is 9.59 Å². The molecule has 0 aromatic heterocycles. The Kier molecular flexibility index (Phi) is 5.93. The van der Waals surface area contributed by atoms with Gasteiger partial charge in [0.05, 0.1) is 10.6 Å². The van der Waals surface area contributed by atoms with Gasteiger partial charge in [0.1, 0.15) is 6.54 Å². The smallest absolute Gasteiger partial charge is 0.343 e. The molecule has 1 N–H and O–H groups in total.